The topological polar surface area (TPSA) is 146 Å². The first-order chi connectivity index (χ1) is 20.9. The first-order valence-corrected chi connectivity index (χ1v) is 17.3. The Hall–Kier alpha value is -1.07. The second kappa shape index (κ2) is 11.0. The van der Waals surface area contributed by atoms with Crippen LogP contribution in [-0.4, -0.2) is 88.6 Å². The summed E-state index contributed by atoms with van der Waals surface area (Å²) in [7, 11) is 1.45. The molecule has 6 rings (SSSR count). The maximum atomic E-state index is 13.6. The van der Waals surface area contributed by atoms with Crippen LogP contribution in [0.1, 0.15) is 99.3 Å². The molecule has 5 N–H and O–H groups in total. The second-order valence-electron chi connectivity index (χ2n) is 17.5. The number of carbonyl (C=O) groups is 1. The smallest absolute Gasteiger partial charge is 0.315 e. The van der Waals surface area contributed by atoms with Crippen LogP contribution in [0.4, 0.5) is 0 Å². The minimum absolute atomic E-state index is 0.0617. The van der Waals surface area contributed by atoms with Crippen molar-refractivity contribution in [1.29, 1.82) is 0 Å². The van der Waals surface area contributed by atoms with Gasteiger partial charge in [0.25, 0.3) is 0 Å². The van der Waals surface area contributed by atoms with Gasteiger partial charge in [0.2, 0.25) is 0 Å². The number of esters is 1. The molecule has 6 aliphatic rings. The number of fused-ring (bicyclic) bond motifs is 7. The third kappa shape index (κ3) is 4.54. The van der Waals surface area contributed by atoms with Crippen molar-refractivity contribution in [1.82, 2.24) is 0 Å². The minimum Gasteiger partial charge on any atom is -0.468 e. The third-order valence-electron chi connectivity index (χ3n) is 15.1. The van der Waals surface area contributed by atoms with Crippen LogP contribution in [0.2, 0.25) is 0 Å². The summed E-state index contributed by atoms with van der Waals surface area (Å²) in [5, 5.41) is 53.9. The number of rotatable bonds is 4. The Morgan fingerprint density at radius 1 is 0.933 bits per heavy atom. The van der Waals surface area contributed by atoms with Crippen LogP contribution < -0.4 is 0 Å². The summed E-state index contributed by atoms with van der Waals surface area (Å²) in [5.41, 5.74) is -0.641. The van der Waals surface area contributed by atoms with Gasteiger partial charge in [-0.25, -0.2) is 0 Å². The number of aliphatic hydroxyl groups excluding tert-OH is 5. The molecule has 0 aromatic carbocycles. The monoisotopic (exact) mass is 634 g/mol. The van der Waals surface area contributed by atoms with Gasteiger partial charge in [0.05, 0.1) is 32.5 Å². The molecule has 4 saturated carbocycles. The van der Waals surface area contributed by atoms with E-state index in [0.29, 0.717) is 25.2 Å². The van der Waals surface area contributed by atoms with Gasteiger partial charge in [-0.15, -0.1) is 0 Å². The van der Waals surface area contributed by atoms with E-state index in [1.807, 2.05) is 0 Å². The highest BCUT2D eigenvalue weighted by Gasteiger charge is 2.72. The molecule has 0 amide bonds. The Morgan fingerprint density at radius 2 is 1.64 bits per heavy atom. The van der Waals surface area contributed by atoms with E-state index in [9.17, 15) is 30.3 Å². The zero-order valence-corrected chi connectivity index (χ0v) is 28.4. The van der Waals surface area contributed by atoms with Gasteiger partial charge in [0.1, 0.15) is 23.7 Å². The highest BCUT2D eigenvalue weighted by atomic mass is 16.7. The van der Waals surface area contributed by atoms with E-state index in [1.165, 1.54) is 12.7 Å². The van der Waals surface area contributed by atoms with E-state index in [4.69, 9.17) is 14.2 Å². The average Bonchev–Trinajstić information content (AvgIpc) is 2.98. The van der Waals surface area contributed by atoms with Crippen LogP contribution in [0.15, 0.2) is 11.6 Å². The fourth-order valence-corrected chi connectivity index (χ4v) is 12.2. The van der Waals surface area contributed by atoms with Crippen LogP contribution in [0.3, 0.4) is 0 Å². The van der Waals surface area contributed by atoms with Gasteiger partial charge < -0.3 is 39.7 Å². The van der Waals surface area contributed by atoms with Crippen LogP contribution in [0, 0.1) is 50.2 Å². The van der Waals surface area contributed by atoms with E-state index in [2.05, 4.69) is 47.6 Å². The first-order valence-electron chi connectivity index (χ1n) is 17.3. The van der Waals surface area contributed by atoms with Crippen molar-refractivity contribution in [2.45, 2.75) is 136 Å². The Kier molecular flexibility index (Phi) is 8.25. The van der Waals surface area contributed by atoms with Gasteiger partial charge in [-0.2, -0.15) is 0 Å². The zero-order chi connectivity index (χ0) is 33.0. The molecule has 14 atom stereocenters. The van der Waals surface area contributed by atoms with Crippen molar-refractivity contribution >= 4 is 5.97 Å². The molecule has 0 radical (unpaired) electrons. The number of hydrogen-bond acceptors (Lipinski definition) is 9. The van der Waals surface area contributed by atoms with E-state index in [0.717, 1.165) is 38.5 Å². The quantitative estimate of drug-likeness (QED) is 0.177. The molecule has 1 aliphatic heterocycles. The lowest BCUT2D eigenvalue weighted by Crippen LogP contribution is -2.68. The fourth-order valence-electron chi connectivity index (χ4n) is 12.2. The molecule has 1 heterocycles. The summed E-state index contributed by atoms with van der Waals surface area (Å²) < 4.78 is 17.4. The van der Waals surface area contributed by atoms with Crippen molar-refractivity contribution in [2.75, 3.05) is 20.3 Å². The minimum atomic E-state index is -1.37. The maximum Gasteiger partial charge on any atom is 0.315 e. The summed E-state index contributed by atoms with van der Waals surface area (Å²) in [6.45, 7) is 13.6. The second-order valence-corrected chi connectivity index (χ2v) is 17.5. The largest absolute Gasteiger partial charge is 0.468 e. The number of aliphatic hydroxyl groups is 5. The Morgan fingerprint density at radius 3 is 2.31 bits per heavy atom. The SMILES string of the molecule is COC(=O)[C@]12CCC(C)(C)CC1C1=CCC3[C@@]4(C)CC[C@H](O[C@@H]5OC[C@H](O)[C@@H](O)[C@H]5O)[C@@](C)(CO)C4CC[C@@]3(C)[C@]1(C)C[C@H]2O. The zero-order valence-electron chi connectivity index (χ0n) is 28.4. The highest BCUT2D eigenvalue weighted by molar-refractivity contribution is 5.79. The molecule has 45 heavy (non-hydrogen) atoms. The molecule has 5 aliphatic carbocycles. The van der Waals surface area contributed by atoms with E-state index in [1.54, 1.807) is 0 Å². The van der Waals surface area contributed by atoms with Crippen LogP contribution in [0.25, 0.3) is 0 Å². The van der Waals surface area contributed by atoms with Gasteiger partial charge in [0.15, 0.2) is 6.29 Å². The number of carbonyl (C=O) groups excluding carboxylic acids is 1. The Labute approximate surface area is 268 Å². The maximum absolute atomic E-state index is 13.6. The van der Waals surface area contributed by atoms with Crippen LogP contribution in [0.5, 0.6) is 0 Å². The lowest BCUT2D eigenvalue weighted by molar-refractivity contribution is -0.313. The predicted molar refractivity (Wildman–Crippen MR) is 166 cm³/mol. The summed E-state index contributed by atoms with van der Waals surface area (Å²) >= 11 is 0. The lowest BCUT2D eigenvalue weighted by Gasteiger charge is -2.72. The summed E-state index contributed by atoms with van der Waals surface area (Å²) in [6, 6.07) is 0. The predicted octanol–water partition coefficient (Wildman–Crippen LogP) is 3.73. The molecular weight excluding hydrogens is 576 g/mol. The third-order valence-corrected chi connectivity index (χ3v) is 15.1. The molecule has 5 fully saturated rings. The normalized spacial score (nSPS) is 54.0. The van der Waals surface area contributed by atoms with E-state index >= 15 is 0 Å². The Balaban J connectivity index is 1.34. The summed E-state index contributed by atoms with van der Waals surface area (Å²) in [5.74, 6) is 0.103. The van der Waals surface area contributed by atoms with Gasteiger partial charge >= 0.3 is 5.97 Å². The summed E-state index contributed by atoms with van der Waals surface area (Å²) in [6.07, 6.45) is 3.44. The van der Waals surface area contributed by atoms with E-state index < -0.39 is 41.5 Å². The molecule has 3 unspecified atom stereocenters. The molecule has 0 aromatic heterocycles. The Bertz CT molecular complexity index is 1200. The number of hydrogen-bond donors (Lipinski definition) is 5. The van der Waals surface area contributed by atoms with Crippen molar-refractivity contribution in [3.05, 3.63) is 11.6 Å². The molecule has 1 saturated heterocycles. The molecule has 256 valence electrons. The van der Waals surface area contributed by atoms with Crippen molar-refractivity contribution < 1.29 is 44.5 Å². The highest BCUT2D eigenvalue weighted by Crippen LogP contribution is 2.76. The number of allylic oxidation sites excluding steroid dienone is 2. The van der Waals surface area contributed by atoms with Gasteiger partial charge in [-0.05, 0) is 97.2 Å². The molecule has 0 bridgehead atoms. The van der Waals surface area contributed by atoms with Gasteiger partial charge in [0, 0.05) is 5.41 Å². The molecular formula is C36H58O9. The van der Waals surface area contributed by atoms with Gasteiger partial charge in [-0.3, -0.25) is 4.79 Å². The lowest BCUT2D eigenvalue weighted by atomic mass is 9.33. The molecule has 0 spiro atoms. The number of methoxy groups -OCH3 is 1. The fraction of sp³-hybridized carbons (Fsp3) is 0.917. The average molecular weight is 635 g/mol. The molecule has 9 heteroatoms. The molecule has 0 aromatic rings. The molecule has 9 nitrogen and oxygen atoms in total. The summed E-state index contributed by atoms with van der Waals surface area (Å²) in [4.78, 5) is 13.6. The van der Waals surface area contributed by atoms with Crippen LogP contribution in [-0.2, 0) is 19.0 Å². The van der Waals surface area contributed by atoms with Crippen LogP contribution >= 0.6 is 0 Å². The first kappa shape index (κ1) is 33.8. The standard InChI is InChI=1S/C36H58O9/c1-31(2)14-15-36(30(42)43-7)21(16-31)20-8-9-24-32(3)12-11-26(45-29-28(41)27(40)22(38)18-44-29)33(4,19-37)23(32)10-13-34(24,5)35(20,6)17-25(36)39/h8,21-29,37-41H,9-19H2,1-7H3/t21?,22-,23?,24?,25+,26-,27+,28+,29-,32-,33-,34+,35+,36+/m0/s1. The number of ether oxygens (including phenoxy) is 3. The van der Waals surface area contributed by atoms with Crippen molar-refractivity contribution in [3.8, 4) is 0 Å². The van der Waals surface area contributed by atoms with Gasteiger partial charge in [-0.1, -0.05) is 53.2 Å². The van der Waals surface area contributed by atoms with Crippen molar-refractivity contribution in [3.63, 3.8) is 0 Å². The van der Waals surface area contributed by atoms with Crippen molar-refractivity contribution in [2.24, 2.45) is 50.2 Å². The van der Waals surface area contributed by atoms with E-state index in [-0.39, 0.29) is 58.8 Å².